The molecule has 1 fully saturated rings. The van der Waals surface area contributed by atoms with Crippen LogP contribution in [0, 0.1) is 13.8 Å². The third kappa shape index (κ3) is 6.92. The average molecular weight is 323 g/mol. The number of benzene rings is 1. The average Bonchev–Trinajstić information content (AvgIpc) is 2.56. The van der Waals surface area contributed by atoms with E-state index in [4.69, 9.17) is 0 Å². The molecule has 0 radical (unpaired) electrons. The Labute approximate surface area is 144 Å². The lowest BCUT2D eigenvalue weighted by Crippen LogP contribution is -2.41. The summed E-state index contributed by atoms with van der Waals surface area (Å²) < 4.78 is 0. The van der Waals surface area contributed by atoms with Crippen LogP contribution in [0.15, 0.2) is 12.1 Å². The van der Waals surface area contributed by atoms with Gasteiger partial charge in [-0.25, -0.2) is 0 Å². The first-order chi connectivity index (χ1) is 11.0. The fourth-order valence-corrected chi connectivity index (χ4v) is 3.00. The summed E-state index contributed by atoms with van der Waals surface area (Å²) in [6.07, 6.45) is 2.44. The maximum absolute atomic E-state index is 10.2. The molecule has 1 N–H and O–H groups in total. The van der Waals surface area contributed by atoms with E-state index in [1.165, 1.54) is 31.5 Å². The first-order valence-corrected chi connectivity index (χ1v) is 9.15. The Kier molecular flexibility index (Phi) is 10.9. The Hall–Kier alpha value is -1.06. The molecule has 1 aromatic carbocycles. The van der Waals surface area contributed by atoms with E-state index in [-0.39, 0.29) is 0 Å². The van der Waals surface area contributed by atoms with Crippen molar-refractivity contribution in [2.75, 3.05) is 27.2 Å². The van der Waals surface area contributed by atoms with Gasteiger partial charge in [0, 0.05) is 18.2 Å². The quantitative estimate of drug-likeness (QED) is 0.882. The van der Waals surface area contributed by atoms with Gasteiger partial charge in [-0.2, -0.15) is 0 Å². The number of piperidine rings is 1. The number of phenols is 1. The van der Waals surface area contributed by atoms with Crippen LogP contribution in [0.1, 0.15) is 57.2 Å². The minimum atomic E-state index is 0.463. The number of phenolic OH excluding ortho intramolecular Hbond substituents is 1. The number of aryl methyl sites for hydroxylation is 2. The van der Waals surface area contributed by atoms with Crippen molar-refractivity contribution in [3.63, 3.8) is 0 Å². The van der Waals surface area contributed by atoms with E-state index < -0.39 is 0 Å². The molecule has 1 aromatic rings. The van der Waals surface area contributed by atoms with Crippen molar-refractivity contribution in [1.29, 1.82) is 0 Å². The molecule has 23 heavy (non-hydrogen) atoms. The van der Waals surface area contributed by atoms with Gasteiger partial charge in [0.05, 0.1) is 0 Å². The molecule has 3 nitrogen and oxygen atoms in total. The van der Waals surface area contributed by atoms with Gasteiger partial charge in [0.25, 0.3) is 0 Å². The maximum Gasteiger partial charge on any atom is 0.122 e. The predicted octanol–water partition coefficient (Wildman–Crippen LogP) is 4.59. The van der Waals surface area contributed by atoms with Crippen molar-refractivity contribution >= 4 is 0 Å². The highest BCUT2D eigenvalue weighted by Gasteiger charge is 2.21. The summed E-state index contributed by atoms with van der Waals surface area (Å²) in [4.78, 5) is 4.78. The zero-order valence-electron chi connectivity index (χ0n) is 16.6. The summed E-state index contributed by atoms with van der Waals surface area (Å²) in [5.74, 6) is 0.463. The molecule has 134 valence electrons. The second kappa shape index (κ2) is 11.5. The van der Waals surface area contributed by atoms with E-state index in [1.807, 2.05) is 40.7 Å². The van der Waals surface area contributed by atoms with Crippen LogP contribution in [0.25, 0.3) is 0 Å². The van der Waals surface area contributed by atoms with E-state index in [1.54, 1.807) is 0 Å². The van der Waals surface area contributed by atoms with E-state index in [0.717, 1.165) is 17.7 Å². The van der Waals surface area contributed by atoms with Gasteiger partial charge < -0.3 is 10.0 Å². The highest BCUT2D eigenvalue weighted by Crippen LogP contribution is 2.26. The summed E-state index contributed by atoms with van der Waals surface area (Å²) >= 11 is 0. The number of hydrogen-bond donors (Lipinski definition) is 1. The zero-order chi connectivity index (χ0) is 18.0. The van der Waals surface area contributed by atoms with Gasteiger partial charge in [-0.3, -0.25) is 4.90 Å². The van der Waals surface area contributed by atoms with Crippen molar-refractivity contribution in [2.45, 2.75) is 67.0 Å². The molecular weight excluding hydrogens is 284 g/mol. The highest BCUT2D eigenvalue weighted by molar-refractivity contribution is 5.42. The number of hydrogen-bond acceptors (Lipinski definition) is 3. The number of rotatable bonds is 3. The first-order valence-electron chi connectivity index (χ1n) is 9.15. The van der Waals surface area contributed by atoms with Gasteiger partial charge in [0.15, 0.2) is 0 Å². The van der Waals surface area contributed by atoms with Crippen LogP contribution >= 0.6 is 0 Å². The molecule has 3 heteroatoms. The topological polar surface area (TPSA) is 26.7 Å². The standard InChI is InChI=1S/C16H26N2O.2C2H6/c1-12-9-13(2)16(19)14(10-12)11-18(4)15-5-7-17(3)8-6-15;2*1-2/h9-10,15,19H,5-8,11H2,1-4H3;2*1-2H3. The van der Waals surface area contributed by atoms with Crippen LogP contribution in [0.5, 0.6) is 5.75 Å². The lowest BCUT2D eigenvalue weighted by atomic mass is 10.0. The van der Waals surface area contributed by atoms with Gasteiger partial charge >= 0.3 is 0 Å². The Balaban J connectivity index is 0.00000112. The van der Waals surface area contributed by atoms with Crippen LogP contribution in [-0.2, 0) is 6.54 Å². The van der Waals surface area contributed by atoms with Crippen molar-refractivity contribution in [2.24, 2.45) is 0 Å². The summed E-state index contributed by atoms with van der Waals surface area (Å²) in [7, 11) is 4.36. The van der Waals surface area contributed by atoms with Gasteiger partial charge in [-0.15, -0.1) is 0 Å². The largest absolute Gasteiger partial charge is 0.507 e. The molecule has 0 amide bonds. The first kappa shape index (κ1) is 21.9. The smallest absolute Gasteiger partial charge is 0.122 e. The van der Waals surface area contributed by atoms with Gasteiger partial charge in [-0.05, 0) is 59.4 Å². The predicted molar refractivity (Wildman–Crippen MR) is 102 cm³/mol. The SMILES string of the molecule is CC.CC.Cc1cc(C)c(O)c(CN(C)C2CCN(C)CC2)c1. The molecular formula is C20H38N2O. The van der Waals surface area contributed by atoms with Crippen LogP contribution in [0.3, 0.4) is 0 Å². The lowest BCUT2D eigenvalue weighted by molar-refractivity contribution is 0.138. The summed E-state index contributed by atoms with van der Waals surface area (Å²) in [6.45, 7) is 15.2. The van der Waals surface area contributed by atoms with E-state index >= 15 is 0 Å². The second-order valence-corrected chi connectivity index (χ2v) is 6.04. The molecule has 0 unspecified atom stereocenters. The van der Waals surface area contributed by atoms with E-state index in [9.17, 15) is 5.11 Å². The number of nitrogens with zero attached hydrogens (tertiary/aromatic N) is 2. The molecule has 1 heterocycles. The third-order valence-corrected chi connectivity index (χ3v) is 4.25. The number of aromatic hydroxyl groups is 1. The Morgan fingerprint density at radius 2 is 1.61 bits per heavy atom. The third-order valence-electron chi connectivity index (χ3n) is 4.25. The molecule has 1 aliphatic rings. The molecule has 0 bridgehead atoms. The van der Waals surface area contributed by atoms with Crippen molar-refractivity contribution in [1.82, 2.24) is 9.80 Å². The fraction of sp³-hybridized carbons (Fsp3) is 0.700. The molecule has 0 saturated carbocycles. The lowest BCUT2D eigenvalue weighted by Gasteiger charge is -2.35. The van der Waals surface area contributed by atoms with Crippen molar-refractivity contribution in [3.8, 4) is 5.75 Å². The zero-order valence-corrected chi connectivity index (χ0v) is 16.6. The Morgan fingerprint density at radius 1 is 1.09 bits per heavy atom. The minimum absolute atomic E-state index is 0.463. The van der Waals surface area contributed by atoms with E-state index in [0.29, 0.717) is 11.8 Å². The molecule has 0 aliphatic carbocycles. The Bertz CT molecular complexity index is 438. The van der Waals surface area contributed by atoms with Gasteiger partial charge in [0.2, 0.25) is 0 Å². The Morgan fingerprint density at radius 3 is 2.13 bits per heavy atom. The number of likely N-dealkylation sites (tertiary alicyclic amines) is 1. The van der Waals surface area contributed by atoms with Crippen LogP contribution in [0.4, 0.5) is 0 Å². The molecule has 0 spiro atoms. The molecule has 1 saturated heterocycles. The normalized spacial score (nSPS) is 15.5. The molecule has 0 atom stereocenters. The fourth-order valence-electron chi connectivity index (χ4n) is 3.00. The van der Waals surface area contributed by atoms with Gasteiger partial charge in [-0.1, -0.05) is 45.4 Å². The van der Waals surface area contributed by atoms with Crippen molar-refractivity contribution < 1.29 is 5.11 Å². The maximum atomic E-state index is 10.2. The van der Waals surface area contributed by atoms with Gasteiger partial charge in [0.1, 0.15) is 5.75 Å². The summed E-state index contributed by atoms with van der Waals surface area (Å²) in [5.41, 5.74) is 3.26. The highest BCUT2D eigenvalue weighted by atomic mass is 16.3. The monoisotopic (exact) mass is 322 g/mol. The molecule has 1 aliphatic heterocycles. The second-order valence-electron chi connectivity index (χ2n) is 6.04. The molecule has 2 rings (SSSR count). The molecule has 0 aromatic heterocycles. The van der Waals surface area contributed by atoms with E-state index in [2.05, 4.69) is 36.9 Å². The van der Waals surface area contributed by atoms with Crippen LogP contribution < -0.4 is 0 Å². The summed E-state index contributed by atoms with van der Waals surface area (Å²) in [5, 5.41) is 10.2. The van der Waals surface area contributed by atoms with Crippen molar-refractivity contribution in [3.05, 3.63) is 28.8 Å². The van der Waals surface area contributed by atoms with Crippen LogP contribution in [-0.4, -0.2) is 48.1 Å². The summed E-state index contributed by atoms with van der Waals surface area (Å²) in [6, 6.07) is 4.78. The minimum Gasteiger partial charge on any atom is -0.507 e. The van der Waals surface area contributed by atoms with Crippen LogP contribution in [0.2, 0.25) is 0 Å².